The number of hydrogen-bond acceptors (Lipinski definition) is 10. The van der Waals surface area contributed by atoms with Crippen LogP contribution in [0.3, 0.4) is 0 Å². The smallest absolute Gasteiger partial charge is 0.350 e. The molecule has 1 amide bonds. The van der Waals surface area contributed by atoms with Crippen LogP contribution in [-0.2, 0) is 14.3 Å². The molecule has 1 unspecified atom stereocenters. The normalized spacial score (nSPS) is 16.1. The van der Waals surface area contributed by atoms with Crippen molar-refractivity contribution in [2.24, 2.45) is 0 Å². The molecule has 0 radical (unpaired) electrons. The van der Waals surface area contributed by atoms with Gasteiger partial charge in [0.2, 0.25) is 0 Å². The molecule has 1 aliphatic rings. The number of ketones is 1. The molecule has 0 saturated carbocycles. The number of aliphatic hydroxyl groups excluding tert-OH is 1. The Labute approximate surface area is 241 Å². The molecule has 1 saturated heterocycles. The van der Waals surface area contributed by atoms with Crippen molar-refractivity contribution < 1.29 is 38.4 Å². The Balaban J connectivity index is 1.90. The largest absolute Gasteiger partial charge is 0.507 e. The van der Waals surface area contributed by atoms with E-state index in [0.717, 1.165) is 16.2 Å². The number of Topliss-reactive ketones (excluding diaryl/α,β-unsaturated/α-hetero) is 1. The van der Waals surface area contributed by atoms with Crippen LogP contribution in [0.5, 0.6) is 17.2 Å². The summed E-state index contributed by atoms with van der Waals surface area (Å²) < 4.78 is 21.8. The van der Waals surface area contributed by atoms with Gasteiger partial charge in [-0.2, -0.15) is 0 Å². The zero-order valence-electron chi connectivity index (χ0n) is 23.3. The fourth-order valence-electron chi connectivity index (χ4n) is 4.36. The second-order valence-corrected chi connectivity index (χ2v) is 10.2. The minimum absolute atomic E-state index is 0.0000656. The van der Waals surface area contributed by atoms with Gasteiger partial charge in [-0.3, -0.25) is 14.5 Å². The molecule has 1 aromatic heterocycles. The molecular formula is C30H30N2O8S. The number of benzene rings is 2. The number of aromatic nitrogens is 1. The number of amides is 1. The maximum Gasteiger partial charge on any atom is 0.350 e. The lowest BCUT2D eigenvalue weighted by Crippen LogP contribution is -2.29. The van der Waals surface area contributed by atoms with Gasteiger partial charge in [0, 0.05) is 17.2 Å². The fourth-order valence-corrected chi connectivity index (χ4v) is 5.35. The predicted molar refractivity (Wildman–Crippen MR) is 154 cm³/mol. The van der Waals surface area contributed by atoms with Crippen LogP contribution in [0.4, 0.5) is 5.13 Å². The van der Waals surface area contributed by atoms with Crippen molar-refractivity contribution in [1.82, 2.24) is 4.98 Å². The minimum Gasteiger partial charge on any atom is -0.507 e. The van der Waals surface area contributed by atoms with E-state index < -0.39 is 23.7 Å². The molecule has 4 rings (SSSR count). The lowest BCUT2D eigenvalue weighted by Gasteiger charge is -2.24. The Morgan fingerprint density at radius 1 is 1.12 bits per heavy atom. The monoisotopic (exact) mass is 578 g/mol. The van der Waals surface area contributed by atoms with Crippen molar-refractivity contribution >= 4 is 39.9 Å². The van der Waals surface area contributed by atoms with Crippen LogP contribution < -0.4 is 19.1 Å². The Kier molecular flexibility index (Phi) is 8.77. The second kappa shape index (κ2) is 12.3. The molecule has 0 aliphatic carbocycles. The first kappa shape index (κ1) is 29.3. The van der Waals surface area contributed by atoms with E-state index in [0.29, 0.717) is 34.1 Å². The number of aliphatic hydroxyl groups is 1. The van der Waals surface area contributed by atoms with E-state index in [1.165, 1.54) is 20.3 Å². The van der Waals surface area contributed by atoms with Gasteiger partial charge in [-0.1, -0.05) is 24.0 Å². The summed E-state index contributed by atoms with van der Waals surface area (Å²) in [5.41, 5.74) is 0.861. The summed E-state index contributed by atoms with van der Waals surface area (Å²) in [6.07, 6.45) is 1.38. The van der Waals surface area contributed by atoms with E-state index in [-0.39, 0.29) is 34.1 Å². The number of carbonyl (C=O) groups excluding carboxylic acids is 3. The van der Waals surface area contributed by atoms with Crippen molar-refractivity contribution in [2.75, 3.05) is 25.7 Å². The molecule has 1 fully saturated rings. The first-order valence-electron chi connectivity index (χ1n) is 12.7. The molecule has 3 aromatic rings. The fraction of sp³-hybridized carbons (Fsp3) is 0.267. The molecule has 1 aliphatic heterocycles. The van der Waals surface area contributed by atoms with E-state index >= 15 is 0 Å². The van der Waals surface area contributed by atoms with Crippen LogP contribution in [0.1, 0.15) is 46.4 Å². The van der Waals surface area contributed by atoms with Crippen molar-refractivity contribution in [1.29, 1.82) is 0 Å². The Morgan fingerprint density at radius 3 is 2.41 bits per heavy atom. The van der Waals surface area contributed by atoms with E-state index in [2.05, 4.69) is 11.6 Å². The molecular weight excluding hydrogens is 548 g/mol. The van der Waals surface area contributed by atoms with Gasteiger partial charge in [0.25, 0.3) is 5.78 Å². The highest BCUT2D eigenvalue weighted by atomic mass is 32.1. The van der Waals surface area contributed by atoms with Crippen LogP contribution in [0.2, 0.25) is 0 Å². The highest BCUT2D eigenvalue weighted by Crippen LogP contribution is 2.47. The summed E-state index contributed by atoms with van der Waals surface area (Å²) in [4.78, 5) is 45.5. The molecule has 0 spiro atoms. The number of aryl methyl sites for hydroxylation is 1. The van der Waals surface area contributed by atoms with Gasteiger partial charge in [-0.15, -0.1) is 0 Å². The number of ether oxygens (including phenoxy) is 4. The van der Waals surface area contributed by atoms with Crippen LogP contribution >= 0.6 is 11.3 Å². The van der Waals surface area contributed by atoms with Crippen LogP contribution in [0, 0.1) is 6.92 Å². The lowest BCUT2D eigenvalue weighted by atomic mass is 9.94. The molecule has 2 heterocycles. The van der Waals surface area contributed by atoms with Gasteiger partial charge < -0.3 is 24.1 Å². The molecule has 1 atom stereocenters. The summed E-state index contributed by atoms with van der Waals surface area (Å²) in [5, 5.41) is 11.5. The van der Waals surface area contributed by atoms with Crippen molar-refractivity contribution in [3.63, 3.8) is 0 Å². The number of hydrogen-bond donors (Lipinski definition) is 1. The Morgan fingerprint density at radius 2 is 1.80 bits per heavy atom. The maximum absolute atomic E-state index is 13.6. The third-order valence-electron chi connectivity index (χ3n) is 6.19. The van der Waals surface area contributed by atoms with Crippen molar-refractivity contribution in [3.8, 4) is 17.2 Å². The topological polar surface area (TPSA) is 124 Å². The SMILES string of the molecule is C=CCOC(=O)c1sc(N2C(=O)C(=O)/C(=C(/O)c3ccc(OC(C)C)cc3)C2c2ccc(OC)cc2OC)nc1C. The minimum atomic E-state index is -1.13. The third-order valence-corrected chi connectivity index (χ3v) is 7.33. The zero-order valence-corrected chi connectivity index (χ0v) is 24.1. The molecule has 11 heteroatoms. The summed E-state index contributed by atoms with van der Waals surface area (Å²) >= 11 is 0.904. The average molecular weight is 579 g/mol. The van der Waals surface area contributed by atoms with Gasteiger partial charge in [0.15, 0.2) is 5.13 Å². The van der Waals surface area contributed by atoms with E-state index in [1.807, 2.05) is 13.8 Å². The summed E-state index contributed by atoms with van der Waals surface area (Å²) in [5.74, 6) is -1.48. The number of esters is 1. The number of carbonyl (C=O) groups is 3. The maximum atomic E-state index is 13.6. The average Bonchev–Trinajstić information content (AvgIpc) is 3.47. The van der Waals surface area contributed by atoms with Crippen LogP contribution in [0.15, 0.2) is 60.7 Å². The second-order valence-electron chi connectivity index (χ2n) is 9.27. The van der Waals surface area contributed by atoms with Crippen LogP contribution in [-0.4, -0.2) is 54.7 Å². The zero-order chi connectivity index (χ0) is 29.8. The van der Waals surface area contributed by atoms with Crippen LogP contribution in [0.25, 0.3) is 5.76 Å². The number of rotatable bonds is 10. The van der Waals surface area contributed by atoms with Crippen molar-refractivity contribution in [3.05, 3.63) is 82.4 Å². The van der Waals surface area contributed by atoms with Gasteiger partial charge in [-0.05, 0) is 57.2 Å². The number of anilines is 1. The summed E-state index contributed by atoms with van der Waals surface area (Å²) in [6.45, 7) is 8.92. The molecule has 0 bridgehead atoms. The first-order chi connectivity index (χ1) is 19.6. The van der Waals surface area contributed by atoms with E-state index in [4.69, 9.17) is 18.9 Å². The van der Waals surface area contributed by atoms with Crippen molar-refractivity contribution in [2.45, 2.75) is 32.9 Å². The summed E-state index contributed by atoms with van der Waals surface area (Å²) in [6, 6.07) is 10.3. The highest BCUT2D eigenvalue weighted by molar-refractivity contribution is 7.17. The molecule has 41 heavy (non-hydrogen) atoms. The Hall–Kier alpha value is -4.64. The summed E-state index contributed by atoms with van der Waals surface area (Å²) in [7, 11) is 2.94. The lowest BCUT2D eigenvalue weighted by molar-refractivity contribution is -0.132. The quantitative estimate of drug-likeness (QED) is 0.113. The highest BCUT2D eigenvalue weighted by Gasteiger charge is 2.49. The third kappa shape index (κ3) is 5.80. The van der Waals surface area contributed by atoms with Gasteiger partial charge in [0.1, 0.15) is 40.5 Å². The number of nitrogens with zero attached hydrogens (tertiary/aromatic N) is 2. The van der Waals surface area contributed by atoms with Gasteiger partial charge >= 0.3 is 11.9 Å². The predicted octanol–water partition coefficient (Wildman–Crippen LogP) is 5.23. The Bertz CT molecular complexity index is 1520. The van der Waals surface area contributed by atoms with Gasteiger partial charge in [-0.25, -0.2) is 9.78 Å². The van der Waals surface area contributed by atoms with E-state index in [1.54, 1.807) is 49.4 Å². The molecule has 2 aromatic carbocycles. The molecule has 10 nitrogen and oxygen atoms in total. The number of methoxy groups -OCH3 is 2. The van der Waals surface area contributed by atoms with E-state index in [9.17, 15) is 19.5 Å². The van der Waals surface area contributed by atoms with Gasteiger partial charge in [0.05, 0.1) is 31.6 Å². The number of thiazole rings is 1. The first-order valence-corrected chi connectivity index (χ1v) is 13.5. The molecule has 1 N–H and O–H groups in total. The molecule has 214 valence electrons. The standard InChI is InChI=1S/C30H30N2O8S/c1-7-14-39-29(36)27-17(4)31-30(41-27)32-24(21-13-12-20(37-5)15-22(21)38-6)23(26(34)28(32)35)25(33)18-8-10-19(11-9-18)40-16(2)3/h7-13,15-16,24,33H,1,14H2,2-6H3/b25-23+.